The Kier molecular flexibility index (Phi) is 7.44. The van der Waals surface area contributed by atoms with Gasteiger partial charge in [0.05, 0.1) is 11.1 Å². The Labute approximate surface area is 353 Å². The van der Waals surface area contributed by atoms with Crippen LogP contribution in [0.15, 0.2) is 188 Å². The number of hydrogen-bond donors (Lipinski definition) is 0. The summed E-state index contributed by atoms with van der Waals surface area (Å²) in [5.74, 6) is 0. The smallest absolute Gasteiger partial charge is 0.0726 e. The van der Waals surface area contributed by atoms with Crippen LogP contribution in [0.1, 0.15) is 73.9 Å². The monoisotopic (exact) mass is 769 g/mol. The molecule has 0 N–H and O–H groups in total. The third-order valence-electron chi connectivity index (χ3n) is 14.5. The predicted octanol–water partition coefficient (Wildman–Crippen LogP) is 15.8. The summed E-state index contributed by atoms with van der Waals surface area (Å²) in [5, 5.41) is 5.03. The fourth-order valence-corrected chi connectivity index (χ4v) is 11.6. The molecule has 0 unspecified atom stereocenters. The summed E-state index contributed by atoms with van der Waals surface area (Å²) >= 11 is 0. The van der Waals surface area contributed by atoms with Crippen molar-refractivity contribution in [1.82, 2.24) is 0 Å². The van der Waals surface area contributed by atoms with E-state index in [4.69, 9.17) is 0 Å². The molecule has 0 heterocycles. The molecule has 0 aliphatic heterocycles. The minimum Gasteiger partial charge on any atom is -0.310 e. The molecule has 0 atom stereocenters. The van der Waals surface area contributed by atoms with Gasteiger partial charge in [0, 0.05) is 16.9 Å². The molecule has 1 nitrogen and oxygen atoms in total. The molecule has 0 aromatic heterocycles. The lowest BCUT2D eigenvalue weighted by Gasteiger charge is -2.43. The molecule has 9 aromatic carbocycles. The van der Waals surface area contributed by atoms with E-state index >= 15 is 0 Å². The van der Waals surface area contributed by atoms with Crippen LogP contribution in [0.2, 0.25) is 0 Å². The van der Waals surface area contributed by atoms with Gasteiger partial charge in [-0.15, -0.1) is 0 Å². The number of benzene rings is 9. The van der Waals surface area contributed by atoms with Crippen molar-refractivity contribution in [3.05, 3.63) is 221 Å². The molecule has 1 spiro atoms. The van der Waals surface area contributed by atoms with E-state index in [0.717, 1.165) is 17.8 Å². The van der Waals surface area contributed by atoms with E-state index < -0.39 is 5.41 Å². The molecule has 12 rings (SSSR count). The Morgan fingerprint density at radius 2 is 0.883 bits per heavy atom. The number of anilines is 3. The van der Waals surface area contributed by atoms with Gasteiger partial charge in [-0.05, 0) is 143 Å². The van der Waals surface area contributed by atoms with Gasteiger partial charge in [0.1, 0.15) is 0 Å². The van der Waals surface area contributed by atoms with E-state index in [9.17, 15) is 0 Å². The lowest BCUT2D eigenvalue weighted by Crippen LogP contribution is -2.34. The molecule has 1 heteroatoms. The first-order valence-electron chi connectivity index (χ1n) is 21.6. The Morgan fingerprint density at radius 1 is 0.350 bits per heavy atom. The summed E-state index contributed by atoms with van der Waals surface area (Å²) in [6.45, 7) is 9.83. The number of para-hydroxylation sites is 1. The second-order valence-corrected chi connectivity index (χ2v) is 18.7. The summed E-state index contributed by atoms with van der Waals surface area (Å²) in [7, 11) is 0. The standard InChI is InChI=1S/C59H47N/c1-57(2)33-34-58(3,4)56-46(24-16-28-53(56)57)49-36-48-45-23-12-15-27-52(45)59(50-25-13-10-21-43(50)44-22-11-14-26-51(44)59)54(48)37-55(49)60(40-18-6-5-7-19-40)41-32-31-39-30-29-38-17-8-9-20-42(38)47(39)35-41/h5-32,35-37H,33-34H2,1-4H3. The van der Waals surface area contributed by atoms with E-state index in [1.807, 2.05) is 0 Å². The minimum atomic E-state index is -0.467. The topological polar surface area (TPSA) is 3.24 Å². The van der Waals surface area contributed by atoms with Crippen molar-refractivity contribution in [2.75, 3.05) is 4.90 Å². The fourth-order valence-electron chi connectivity index (χ4n) is 11.6. The first kappa shape index (κ1) is 35.3. The third kappa shape index (κ3) is 4.81. The highest BCUT2D eigenvalue weighted by atomic mass is 15.1. The van der Waals surface area contributed by atoms with Crippen molar-refractivity contribution in [2.45, 2.75) is 56.8 Å². The van der Waals surface area contributed by atoms with Crippen molar-refractivity contribution in [1.29, 1.82) is 0 Å². The highest BCUT2D eigenvalue weighted by Crippen LogP contribution is 2.64. The summed E-state index contributed by atoms with van der Waals surface area (Å²) in [4.78, 5) is 2.56. The van der Waals surface area contributed by atoms with Gasteiger partial charge in [-0.25, -0.2) is 0 Å². The van der Waals surface area contributed by atoms with Crippen LogP contribution in [0.25, 0.3) is 54.9 Å². The Morgan fingerprint density at radius 3 is 1.58 bits per heavy atom. The molecule has 0 saturated heterocycles. The van der Waals surface area contributed by atoms with Crippen LogP contribution in [-0.2, 0) is 16.2 Å². The van der Waals surface area contributed by atoms with Gasteiger partial charge in [-0.2, -0.15) is 0 Å². The fraction of sp³-hybridized carbons (Fsp3) is 0.153. The van der Waals surface area contributed by atoms with Gasteiger partial charge in [0.2, 0.25) is 0 Å². The van der Waals surface area contributed by atoms with E-state index in [0.29, 0.717) is 0 Å². The van der Waals surface area contributed by atoms with Crippen LogP contribution < -0.4 is 4.90 Å². The Balaban J connectivity index is 1.24. The number of rotatable bonds is 4. The molecule has 0 fully saturated rings. The highest BCUT2D eigenvalue weighted by Gasteiger charge is 2.52. The number of nitrogens with zero attached hydrogens (tertiary/aromatic N) is 1. The van der Waals surface area contributed by atoms with Crippen LogP contribution in [0, 0.1) is 0 Å². The number of hydrogen-bond acceptors (Lipinski definition) is 1. The van der Waals surface area contributed by atoms with Gasteiger partial charge in [0.25, 0.3) is 0 Å². The van der Waals surface area contributed by atoms with Gasteiger partial charge in [0.15, 0.2) is 0 Å². The predicted molar refractivity (Wildman–Crippen MR) is 253 cm³/mol. The maximum absolute atomic E-state index is 2.60. The zero-order valence-corrected chi connectivity index (χ0v) is 34.8. The van der Waals surface area contributed by atoms with Crippen LogP contribution in [0.4, 0.5) is 17.1 Å². The van der Waals surface area contributed by atoms with E-state index in [2.05, 4.69) is 221 Å². The average molecular weight is 770 g/mol. The maximum atomic E-state index is 2.60. The maximum Gasteiger partial charge on any atom is 0.0726 e. The second-order valence-electron chi connectivity index (χ2n) is 18.7. The SMILES string of the molecule is CC1(C)CCC(C)(C)c2c(-c3cc4c(cc3N(c3ccccc3)c3ccc5ccc6ccccc6c5c3)C3(c5ccccc5-c5ccccc53)c3ccccc3-4)cccc21. The summed E-state index contributed by atoms with van der Waals surface area (Å²) in [6.07, 6.45) is 2.31. The lowest BCUT2D eigenvalue weighted by atomic mass is 9.61. The van der Waals surface area contributed by atoms with Crippen molar-refractivity contribution in [3.8, 4) is 33.4 Å². The first-order valence-corrected chi connectivity index (χ1v) is 21.6. The van der Waals surface area contributed by atoms with Crippen LogP contribution in [0.3, 0.4) is 0 Å². The molecule has 0 bridgehead atoms. The molecular weight excluding hydrogens is 723 g/mol. The lowest BCUT2D eigenvalue weighted by molar-refractivity contribution is 0.333. The molecule has 0 amide bonds. The second kappa shape index (κ2) is 12.7. The normalized spacial score (nSPS) is 15.9. The zero-order chi connectivity index (χ0) is 40.4. The van der Waals surface area contributed by atoms with Gasteiger partial charge < -0.3 is 4.90 Å². The van der Waals surface area contributed by atoms with E-state index in [-0.39, 0.29) is 10.8 Å². The molecule has 60 heavy (non-hydrogen) atoms. The summed E-state index contributed by atoms with van der Waals surface area (Å²) in [5.41, 5.74) is 19.4. The molecule has 3 aliphatic carbocycles. The zero-order valence-electron chi connectivity index (χ0n) is 34.8. The van der Waals surface area contributed by atoms with Crippen LogP contribution >= 0.6 is 0 Å². The quantitative estimate of drug-likeness (QED) is 0.161. The molecule has 0 radical (unpaired) electrons. The molecule has 0 saturated carbocycles. The molecule has 3 aliphatic rings. The van der Waals surface area contributed by atoms with Crippen molar-refractivity contribution < 1.29 is 0 Å². The Bertz CT molecular complexity index is 3170. The van der Waals surface area contributed by atoms with Crippen LogP contribution in [0.5, 0.6) is 0 Å². The first-order chi connectivity index (χ1) is 29.3. The summed E-state index contributed by atoms with van der Waals surface area (Å²) in [6, 6.07) is 71.3. The van der Waals surface area contributed by atoms with Gasteiger partial charge in [-0.1, -0.05) is 179 Å². The Hall–Kier alpha value is -6.70. The molecule has 288 valence electrons. The van der Waals surface area contributed by atoms with Gasteiger partial charge in [-0.3, -0.25) is 0 Å². The van der Waals surface area contributed by atoms with E-state index in [1.54, 1.807) is 0 Å². The minimum absolute atomic E-state index is 0.000362. The van der Waals surface area contributed by atoms with Crippen molar-refractivity contribution in [3.63, 3.8) is 0 Å². The van der Waals surface area contributed by atoms with Crippen LogP contribution in [-0.4, -0.2) is 0 Å². The largest absolute Gasteiger partial charge is 0.310 e. The van der Waals surface area contributed by atoms with E-state index in [1.165, 1.54) is 100 Å². The molecular formula is C59H47N. The highest BCUT2D eigenvalue weighted by molar-refractivity contribution is 6.09. The third-order valence-corrected chi connectivity index (χ3v) is 14.5. The number of fused-ring (bicyclic) bond motifs is 14. The average Bonchev–Trinajstić information content (AvgIpc) is 3.75. The van der Waals surface area contributed by atoms with Crippen molar-refractivity contribution in [2.24, 2.45) is 0 Å². The van der Waals surface area contributed by atoms with Gasteiger partial charge >= 0.3 is 0 Å². The molecule has 9 aromatic rings. The summed E-state index contributed by atoms with van der Waals surface area (Å²) < 4.78 is 0. The van der Waals surface area contributed by atoms with Crippen molar-refractivity contribution >= 4 is 38.6 Å².